The van der Waals surface area contributed by atoms with Crippen LogP contribution < -0.4 is 24.4 Å². The molecular formula is C32H63N3O49S8-10. The van der Waals surface area contributed by atoms with Crippen molar-refractivity contribution in [3.63, 3.8) is 0 Å². The van der Waals surface area contributed by atoms with E-state index in [9.17, 15) is 139 Å². The zero-order valence-corrected chi connectivity index (χ0v) is 52.6. The first-order valence-electron chi connectivity index (χ1n) is 22.9. The summed E-state index contributed by atoms with van der Waals surface area (Å²) in [4.78, 5) is 20.5. The summed E-state index contributed by atoms with van der Waals surface area (Å²) in [7, 11) is -37.4. The Morgan fingerprint density at radius 3 is 1.15 bits per heavy atom. The number of nitrogens with one attached hydrogen (secondary N) is 3. The van der Waals surface area contributed by atoms with Gasteiger partial charge >= 0.3 is 0 Å². The topological polar surface area (TPSA) is 923 Å². The number of aliphatic carboxylic acids is 2. The third-order valence-corrected chi connectivity index (χ3v) is 14.6. The summed E-state index contributed by atoms with van der Waals surface area (Å²) in [6, 6.07) is -3.87. The van der Waals surface area contributed by atoms with E-state index in [0.717, 1.165) is 14.2 Å². The molecule has 92 heavy (non-hydrogen) atoms. The van der Waals surface area contributed by atoms with Crippen LogP contribution in [0.25, 0.3) is 0 Å². The lowest BCUT2D eigenvalue weighted by Gasteiger charge is -2.39. The van der Waals surface area contributed by atoms with E-state index in [1.54, 1.807) is 9.44 Å². The van der Waals surface area contributed by atoms with E-state index >= 15 is 0 Å². The summed E-state index contributed by atoms with van der Waals surface area (Å²) in [5, 5.41) is 74.0. The van der Waals surface area contributed by atoms with Crippen LogP contribution in [0.5, 0.6) is 0 Å². The van der Waals surface area contributed by atoms with Crippen LogP contribution in [0.3, 0.4) is 0 Å². The maximum absolute atomic E-state index is 10.6. The fourth-order valence-electron chi connectivity index (χ4n) is 6.94. The summed E-state index contributed by atoms with van der Waals surface area (Å²) in [6.45, 7) is -4.12. The zero-order chi connectivity index (χ0) is 68.8. The van der Waals surface area contributed by atoms with Crippen molar-refractivity contribution in [2.45, 2.75) is 123 Å². The molecule has 60 heteroatoms. The molecule has 0 bridgehead atoms. The highest BCUT2D eigenvalue weighted by Gasteiger charge is 2.41. The number of rotatable bonds is 22. The Bertz CT molecular complexity index is 3090. The van der Waals surface area contributed by atoms with Crippen molar-refractivity contribution in [1.29, 1.82) is 0 Å². The van der Waals surface area contributed by atoms with Gasteiger partial charge in [-0.05, 0) is 0 Å². The number of aliphatic hydroxyl groups is 6. The van der Waals surface area contributed by atoms with Gasteiger partial charge in [-0.1, -0.05) is 0 Å². The minimum Gasteiger partial charge on any atom is -0.735 e. The monoisotopic (exact) mass is 1530 g/mol. The van der Waals surface area contributed by atoms with Gasteiger partial charge in [0.25, 0.3) is 0 Å². The summed E-state index contributed by atoms with van der Waals surface area (Å²) in [5.74, 6) is -2.87. The van der Waals surface area contributed by atoms with E-state index in [4.69, 9.17) is 34.3 Å². The second-order valence-corrected chi connectivity index (χ2v) is 25.8. The number of carbonyl (C=O) groups is 2. The van der Waals surface area contributed by atoms with Crippen LogP contribution in [0.15, 0.2) is 0 Å². The normalized spacial score (nSPS) is 29.5. The number of carboxylic acid groups (broad SMARTS) is 2. The van der Waals surface area contributed by atoms with Gasteiger partial charge in [-0.15, -0.1) is 0 Å². The number of hydrogen-bond donors (Lipinski definition) is 9. The van der Waals surface area contributed by atoms with Gasteiger partial charge in [-0.2, -0.15) is 0 Å². The molecule has 0 radical (unpaired) electrons. The smallest absolute Gasteiger partial charge is 0.218 e. The van der Waals surface area contributed by atoms with Crippen molar-refractivity contribution >= 4 is 94.8 Å². The predicted octanol–water partition coefficient (Wildman–Crippen LogP) is -19.5. The quantitative estimate of drug-likeness (QED) is 0.0359. The van der Waals surface area contributed by atoms with Crippen molar-refractivity contribution in [1.82, 2.24) is 14.2 Å². The van der Waals surface area contributed by atoms with Crippen molar-refractivity contribution in [2.24, 2.45) is 0 Å². The zero-order valence-electron chi connectivity index (χ0n) is 46.1. The number of ether oxygens (including phenoxy) is 6. The molecule has 0 aromatic heterocycles. The van der Waals surface area contributed by atoms with Gasteiger partial charge in [-0.25, -0.2) is 81.5 Å². The molecule has 0 spiro atoms. The third kappa shape index (κ3) is 45.7. The molecule has 5 aliphatic rings. The molecule has 5 rings (SSSR count). The fraction of sp³-hybridized carbons (Fsp3) is 0.938. The number of methoxy groups -OCH3 is 1. The number of carboxylic acids is 2. The average molecular weight is 1530 g/mol. The Morgan fingerprint density at radius 2 is 0.783 bits per heavy atom. The molecule has 52 nitrogen and oxygen atoms in total. The highest BCUT2D eigenvalue weighted by atomic mass is 32.3. The third-order valence-electron chi connectivity index (χ3n) is 10.6. The molecule has 0 amide bonds. The van der Waals surface area contributed by atoms with E-state index in [1.807, 2.05) is 0 Å². The van der Waals surface area contributed by atoms with E-state index in [0.29, 0.717) is 0 Å². The average Bonchev–Trinajstić information content (AvgIpc) is 0.863. The van der Waals surface area contributed by atoms with E-state index in [-0.39, 0.29) is 54.4 Å². The molecule has 0 aliphatic carbocycles. The largest absolute Gasteiger partial charge is 0.735 e. The Balaban J connectivity index is -0.000000341. The Kier molecular flexibility index (Phi) is 45.6. The van der Waals surface area contributed by atoms with Crippen molar-refractivity contribution in [2.75, 3.05) is 67.1 Å². The maximum Gasteiger partial charge on any atom is 0.218 e. The van der Waals surface area contributed by atoms with E-state index in [1.165, 1.54) is 4.72 Å². The molecule has 5 heterocycles. The highest BCUT2D eigenvalue weighted by molar-refractivity contribution is 7.84. The summed E-state index contributed by atoms with van der Waals surface area (Å²) >= 11 is 0. The molecular weight excluding hydrogens is 1470 g/mol. The standard InChI is InChI=1S/C7H15NO10S2.C6H13NO12S3.C6H13NO9S2.C6H10O8S.C6H10O5.CH4O.4H2O/c1-16-7-5(3-18-20(13,14)15)17-2-4(6(7)9)8-19(10,11)12;8-20(9,10)7-5-3-17-4(2-18-21(11,12)13)1-6(5)19-22(14,15)16;8-6-1-4(2-16-18(12,13)14)15-3-5(6)7-17(9,10)11;7-3-1-4(6(8)9)13-2-5(3)14-15(10,11)12;7-3-1-5(6(9)10)11-2-4(3)8;1-2;;;;/h4-9H,2-3H2,1H3,(H,10,11,12)(H,13,14,15);4-7H,1-3H2,(H,8,9,10)(H,11,12,13)(H,14,15,16);4-8H,1-3H2,(H,9,10,11)(H,12,13,14);3-5,7H,1-2H2,(H,8,9)(H,10,11,12);3-5,7-8H,1-2H2,(H,9,10);2H,1H3;4*1H2/p-10/t4?,5?,6-,7+;4?,5?,6-;4?,5-,6-;3-,4?,5?;3-,4-,5?;;;;;/m01111...../s1. The minimum atomic E-state index is -5.24. The number of carbonyl (C=O) groups excluding carboxylic acids is 2. The molecule has 8 unspecified atom stereocenters. The van der Waals surface area contributed by atoms with Crippen LogP contribution in [-0.4, -0.2) is 333 Å². The van der Waals surface area contributed by atoms with Crippen molar-refractivity contribution in [3.05, 3.63) is 0 Å². The SMILES string of the molecule is CO.CO[C@@H]1C(COS(=O)(=O)[O-])OCC(NS(=O)(=O)[O-])[C@@H]1O.O.O.O.O.O=C([O-])C1C[C@@H](O)C(OS(=O)(=O)[O-])CO1.O=C([O-])C1C[C@@H](O)[C@H](O)CO1.O=S(=O)([O-])NC1COC(COS(=O)(=O)[O-])C[C@H]1OS(=O)(=O)[O-].O=S(=O)([O-])N[C@@H]1COC(COS(=O)(=O)[O-])C[C@H]1O. The van der Waals surface area contributed by atoms with Crippen LogP contribution in [0.1, 0.15) is 25.7 Å². The van der Waals surface area contributed by atoms with Gasteiger partial charge in [0.15, 0.2) is 30.9 Å². The molecule has 5 saturated heterocycles. The lowest BCUT2D eigenvalue weighted by Crippen LogP contribution is -2.60. The van der Waals surface area contributed by atoms with Crippen LogP contribution in [0, 0.1) is 0 Å². The predicted molar refractivity (Wildman–Crippen MR) is 267 cm³/mol. The van der Waals surface area contributed by atoms with Crippen LogP contribution in [-0.2, 0) is 142 Å². The number of aliphatic hydroxyl groups excluding tert-OH is 6. The Labute approximate surface area is 522 Å². The minimum absolute atomic E-state index is 0. The summed E-state index contributed by atoms with van der Waals surface area (Å²) < 4.78 is 303. The lowest BCUT2D eigenvalue weighted by atomic mass is 9.99. The molecule has 558 valence electrons. The molecule has 0 saturated carbocycles. The van der Waals surface area contributed by atoms with Crippen LogP contribution >= 0.6 is 0 Å². The highest BCUT2D eigenvalue weighted by Crippen LogP contribution is 2.23. The second-order valence-electron chi connectivity index (χ2n) is 17.2. The van der Waals surface area contributed by atoms with Crippen LogP contribution in [0.4, 0.5) is 0 Å². The van der Waals surface area contributed by atoms with Crippen LogP contribution in [0.2, 0.25) is 0 Å². The van der Waals surface area contributed by atoms with Gasteiger partial charge in [0.2, 0.25) is 52.0 Å². The molecule has 16 atom stereocenters. The second kappa shape index (κ2) is 42.8. The van der Waals surface area contributed by atoms with E-state index < -0.39 is 238 Å². The first-order valence-corrected chi connectivity index (χ1v) is 33.8. The van der Waals surface area contributed by atoms with Gasteiger partial charge in [0.1, 0.15) is 30.5 Å². The van der Waals surface area contributed by atoms with Gasteiger partial charge in [0, 0.05) is 39.9 Å². The molecule has 17 N–H and O–H groups in total. The molecule has 5 aliphatic heterocycles. The van der Waals surface area contributed by atoms with Crippen molar-refractivity contribution < 1.29 is 225 Å². The molecule has 0 aromatic rings. The first kappa shape index (κ1) is 97.9. The van der Waals surface area contributed by atoms with Gasteiger partial charge in [-0.3, -0.25) is 20.9 Å². The Hall–Kier alpha value is -2.74. The molecule has 5 fully saturated rings. The summed E-state index contributed by atoms with van der Waals surface area (Å²) in [6.07, 6.45) is -17.1. The maximum atomic E-state index is 10.6. The fourth-order valence-corrected chi connectivity index (χ4v) is 10.6. The van der Waals surface area contributed by atoms with Crippen molar-refractivity contribution in [3.8, 4) is 0 Å². The number of hydrogen-bond acceptors (Lipinski definition) is 45. The summed E-state index contributed by atoms with van der Waals surface area (Å²) in [5.41, 5.74) is 0. The Morgan fingerprint density at radius 1 is 0.424 bits per heavy atom. The first-order chi connectivity index (χ1) is 39.8. The molecule has 0 aromatic carbocycles. The van der Waals surface area contributed by atoms with Gasteiger partial charge < -0.3 is 137 Å². The van der Waals surface area contributed by atoms with E-state index in [2.05, 4.69) is 30.4 Å². The van der Waals surface area contributed by atoms with Gasteiger partial charge in [0.05, 0.1) is 132 Å². The lowest BCUT2D eigenvalue weighted by molar-refractivity contribution is -0.322.